The van der Waals surface area contributed by atoms with Crippen molar-refractivity contribution in [2.75, 3.05) is 26.9 Å². The van der Waals surface area contributed by atoms with Crippen molar-refractivity contribution >= 4 is 0 Å². The molecule has 1 aliphatic carbocycles. The number of nitriles is 1. The number of aliphatic hydroxyl groups is 1. The SMILES string of the molecule is COCCCNC1=C/C(=C(/C#N)C(O)OCC(C)C)CCC1. The quantitative estimate of drug-likeness (QED) is 0.389. The highest BCUT2D eigenvalue weighted by atomic mass is 16.6. The van der Waals surface area contributed by atoms with Crippen LogP contribution in [0.5, 0.6) is 0 Å². The predicted molar refractivity (Wildman–Crippen MR) is 85.9 cm³/mol. The predicted octanol–water partition coefficient (Wildman–Crippen LogP) is 2.49. The summed E-state index contributed by atoms with van der Waals surface area (Å²) in [5.74, 6) is 0.319. The molecule has 0 bridgehead atoms. The minimum Gasteiger partial charge on any atom is -0.388 e. The molecule has 0 aromatic carbocycles. The minimum absolute atomic E-state index is 0.319. The van der Waals surface area contributed by atoms with Crippen LogP contribution in [0, 0.1) is 17.2 Å². The zero-order valence-electron chi connectivity index (χ0n) is 13.9. The third-order valence-electron chi connectivity index (χ3n) is 3.42. The van der Waals surface area contributed by atoms with E-state index in [-0.39, 0.29) is 0 Å². The van der Waals surface area contributed by atoms with Gasteiger partial charge in [0.25, 0.3) is 0 Å². The lowest BCUT2D eigenvalue weighted by atomic mass is 9.95. The summed E-state index contributed by atoms with van der Waals surface area (Å²) < 4.78 is 10.4. The molecule has 0 heterocycles. The van der Waals surface area contributed by atoms with E-state index >= 15 is 0 Å². The lowest BCUT2D eigenvalue weighted by Gasteiger charge is -2.20. The van der Waals surface area contributed by atoms with Crippen molar-refractivity contribution in [3.63, 3.8) is 0 Å². The summed E-state index contributed by atoms with van der Waals surface area (Å²) in [6.45, 7) is 6.03. The Morgan fingerprint density at radius 1 is 1.45 bits per heavy atom. The summed E-state index contributed by atoms with van der Waals surface area (Å²) in [7, 11) is 1.69. The first-order chi connectivity index (χ1) is 10.6. The Morgan fingerprint density at radius 2 is 2.23 bits per heavy atom. The molecule has 22 heavy (non-hydrogen) atoms. The second-order valence-corrected chi connectivity index (χ2v) is 5.93. The van der Waals surface area contributed by atoms with Gasteiger partial charge in [0, 0.05) is 26.0 Å². The summed E-state index contributed by atoms with van der Waals surface area (Å²) in [6, 6.07) is 2.10. The zero-order valence-corrected chi connectivity index (χ0v) is 13.9. The van der Waals surface area contributed by atoms with Gasteiger partial charge in [0.15, 0.2) is 6.29 Å². The van der Waals surface area contributed by atoms with Crippen molar-refractivity contribution in [3.05, 3.63) is 22.9 Å². The molecular weight excluding hydrogens is 280 g/mol. The molecular formula is C17H28N2O3. The largest absolute Gasteiger partial charge is 0.388 e. The molecule has 124 valence electrons. The zero-order chi connectivity index (χ0) is 16.4. The van der Waals surface area contributed by atoms with Crippen LogP contribution in [0.4, 0.5) is 0 Å². The third-order valence-corrected chi connectivity index (χ3v) is 3.42. The first-order valence-electron chi connectivity index (χ1n) is 7.94. The van der Waals surface area contributed by atoms with E-state index in [1.54, 1.807) is 7.11 Å². The highest BCUT2D eigenvalue weighted by molar-refractivity contribution is 5.39. The van der Waals surface area contributed by atoms with Gasteiger partial charge in [0.05, 0.1) is 12.2 Å². The molecule has 1 aliphatic rings. The summed E-state index contributed by atoms with van der Waals surface area (Å²) in [5.41, 5.74) is 2.32. The fourth-order valence-electron chi connectivity index (χ4n) is 2.29. The number of aliphatic hydroxyl groups excluding tert-OH is 1. The smallest absolute Gasteiger partial charge is 0.191 e. The topological polar surface area (TPSA) is 74.5 Å². The average Bonchev–Trinajstić information content (AvgIpc) is 2.51. The Hall–Kier alpha value is -1.35. The van der Waals surface area contributed by atoms with Crippen LogP contribution in [-0.2, 0) is 9.47 Å². The summed E-state index contributed by atoms with van der Waals surface area (Å²) >= 11 is 0. The summed E-state index contributed by atoms with van der Waals surface area (Å²) in [5, 5.41) is 22.8. The van der Waals surface area contributed by atoms with Gasteiger partial charge < -0.3 is 19.9 Å². The lowest BCUT2D eigenvalue weighted by molar-refractivity contribution is -0.0785. The van der Waals surface area contributed by atoms with E-state index in [0.717, 1.165) is 50.1 Å². The van der Waals surface area contributed by atoms with Crippen LogP contribution in [0.15, 0.2) is 22.9 Å². The molecule has 0 amide bonds. The van der Waals surface area contributed by atoms with Crippen LogP contribution in [0.1, 0.15) is 39.5 Å². The lowest BCUT2D eigenvalue weighted by Crippen LogP contribution is -2.21. The number of nitrogens with zero attached hydrogens (tertiary/aromatic N) is 1. The number of allylic oxidation sites excluding steroid dienone is 3. The van der Waals surface area contributed by atoms with Gasteiger partial charge in [-0.3, -0.25) is 0 Å². The van der Waals surface area contributed by atoms with Crippen molar-refractivity contribution in [2.24, 2.45) is 5.92 Å². The first-order valence-corrected chi connectivity index (χ1v) is 7.94. The molecule has 1 unspecified atom stereocenters. The van der Waals surface area contributed by atoms with Crippen molar-refractivity contribution in [3.8, 4) is 6.07 Å². The summed E-state index contributed by atoms with van der Waals surface area (Å²) in [4.78, 5) is 0. The molecule has 0 aromatic rings. The monoisotopic (exact) mass is 308 g/mol. The minimum atomic E-state index is -1.13. The van der Waals surface area contributed by atoms with Crippen LogP contribution in [-0.4, -0.2) is 38.3 Å². The van der Waals surface area contributed by atoms with Crippen molar-refractivity contribution in [2.45, 2.75) is 45.8 Å². The normalized spacial score (nSPS) is 18.6. The number of hydrogen-bond acceptors (Lipinski definition) is 5. The molecule has 5 nitrogen and oxygen atoms in total. The molecule has 0 aliphatic heterocycles. The maximum Gasteiger partial charge on any atom is 0.191 e. The molecule has 1 atom stereocenters. The highest BCUT2D eigenvalue weighted by Gasteiger charge is 2.18. The van der Waals surface area contributed by atoms with Crippen molar-refractivity contribution in [1.29, 1.82) is 5.26 Å². The molecule has 0 saturated carbocycles. The Bertz CT molecular complexity index is 436. The van der Waals surface area contributed by atoms with E-state index < -0.39 is 6.29 Å². The molecule has 5 heteroatoms. The first kappa shape index (κ1) is 18.7. The van der Waals surface area contributed by atoms with E-state index in [0.29, 0.717) is 18.1 Å². The Balaban J connectivity index is 2.70. The van der Waals surface area contributed by atoms with Gasteiger partial charge in [-0.15, -0.1) is 0 Å². The molecule has 1 rings (SSSR count). The standard InChI is InChI=1S/C17H28N2O3/c1-13(2)12-22-17(20)16(11-18)14-6-4-7-15(10-14)19-8-5-9-21-3/h10,13,17,19-20H,4-9,12H2,1-3H3/b16-14-. The van der Waals surface area contributed by atoms with Gasteiger partial charge in [-0.25, -0.2) is 0 Å². The van der Waals surface area contributed by atoms with E-state index in [1.165, 1.54) is 0 Å². The number of ether oxygens (including phenoxy) is 2. The van der Waals surface area contributed by atoms with Crippen molar-refractivity contribution < 1.29 is 14.6 Å². The van der Waals surface area contributed by atoms with Crippen LogP contribution in [0.3, 0.4) is 0 Å². The number of methoxy groups -OCH3 is 1. The highest BCUT2D eigenvalue weighted by Crippen LogP contribution is 2.25. The molecule has 2 N–H and O–H groups in total. The van der Waals surface area contributed by atoms with E-state index in [1.807, 2.05) is 19.9 Å². The number of hydrogen-bond donors (Lipinski definition) is 2. The van der Waals surface area contributed by atoms with Gasteiger partial charge >= 0.3 is 0 Å². The second-order valence-electron chi connectivity index (χ2n) is 5.93. The molecule has 0 aromatic heterocycles. The fourth-order valence-corrected chi connectivity index (χ4v) is 2.29. The van der Waals surface area contributed by atoms with Gasteiger partial charge in [-0.2, -0.15) is 5.26 Å². The Labute approximate surface area is 133 Å². The van der Waals surface area contributed by atoms with Crippen LogP contribution in [0.2, 0.25) is 0 Å². The van der Waals surface area contributed by atoms with E-state index in [2.05, 4.69) is 11.4 Å². The Kier molecular flexibility index (Phi) is 8.83. The van der Waals surface area contributed by atoms with E-state index in [9.17, 15) is 10.4 Å². The van der Waals surface area contributed by atoms with Crippen molar-refractivity contribution in [1.82, 2.24) is 5.32 Å². The molecule has 0 radical (unpaired) electrons. The fraction of sp³-hybridized carbons (Fsp3) is 0.706. The second kappa shape index (κ2) is 10.4. The van der Waals surface area contributed by atoms with Gasteiger partial charge in [-0.05, 0) is 43.3 Å². The average molecular weight is 308 g/mol. The Morgan fingerprint density at radius 3 is 2.86 bits per heavy atom. The molecule has 0 spiro atoms. The van der Waals surface area contributed by atoms with Crippen LogP contribution in [0.25, 0.3) is 0 Å². The maximum atomic E-state index is 10.1. The maximum absolute atomic E-state index is 10.1. The van der Waals surface area contributed by atoms with Gasteiger partial charge in [0.1, 0.15) is 6.07 Å². The summed E-state index contributed by atoms with van der Waals surface area (Å²) in [6.07, 6.45) is 4.54. The third kappa shape index (κ3) is 6.61. The van der Waals surface area contributed by atoms with Gasteiger partial charge in [0.2, 0.25) is 0 Å². The van der Waals surface area contributed by atoms with E-state index in [4.69, 9.17) is 9.47 Å². The van der Waals surface area contributed by atoms with Gasteiger partial charge in [-0.1, -0.05) is 13.8 Å². The van der Waals surface area contributed by atoms with Crippen LogP contribution < -0.4 is 5.32 Å². The molecule has 0 saturated heterocycles. The number of nitrogens with one attached hydrogen (secondary N) is 1. The molecule has 0 fully saturated rings. The van der Waals surface area contributed by atoms with Crippen LogP contribution >= 0.6 is 0 Å². The number of rotatable bonds is 9.